The number of aromatic hydroxyl groups is 1. The van der Waals surface area contributed by atoms with Crippen molar-refractivity contribution in [2.24, 2.45) is 4.99 Å². The Morgan fingerprint density at radius 3 is 2.72 bits per heavy atom. The number of aliphatic imine (C=N–C) groups is 1. The van der Waals surface area contributed by atoms with Crippen LogP contribution in [0.2, 0.25) is 0 Å². The molecular formula is C18H26N4O2S. The number of nitrogens with one attached hydrogen (secondary N) is 2. The second-order valence-electron chi connectivity index (χ2n) is 5.61. The van der Waals surface area contributed by atoms with Gasteiger partial charge in [0.2, 0.25) is 0 Å². The van der Waals surface area contributed by atoms with Gasteiger partial charge in [0.05, 0.1) is 24.4 Å². The lowest BCUT2D eigenvalue weighted by Gasteiger charge is -2.12. The number of hydrogen-bond acceptors (Lipinski definition) is 5. The maximum Gasteiger partial charge on any atom is 0.191 e. The topological polar surface area (TPSA) is 78.8 Å². The Morgan fingerprint density at radius 1 is 1.32 bits per heavy atom. The molecule has 0 aliphatic heterocycles. The summed E-state index contributed by atoms with van der Waals surface area (Å²) in [6.07, 6.45) is 0.693. The summed E-state index contributed by atoms with van der Waals surface area (Å²) in [6, 6.07) is 5.36. The summed E-state index contributed by atoms with van der Waals surface area (Å²) >= 11 is 1.68. The summed E-state index contributed by atoms with van der Waals surface area (Å²) < 4.78 is 5.10. The Kier molecular flexibility index (Phi) is 7.06. The Morgan fingerprint density at radius 2 is 2.12 bits per heavy atom. The third kappa shape index (κ3) is 5.63. The van der Waals surface area contributed by atoms with Gasteiger partial charge in [-0.05, 0) is 38.8 Å². The zero-order valence-corrected chi connectivity index (χ0v) is 16.0. The van der Waals surface area contributed by atoms with E-state index < -0.39 is 0 Å². The molecule has 0 bridgehead atoms. The van der Waals surface area contributed by atoms with Crippen molar-refractivity contribution >= 4 is 17.3 Å². The molecule has 2 rings (SSSR count). The van der Waals surface area contributed by atoms with E-state index in [1.54, 1.807) is 24.5 Å². The number of benzene rings is 1. The van der Waals surface area contributed by atoms with Crippen LogP contribution in [0.1, 0.15) is 28.1 Å². The van der Waals surface area contributed by atoms with Crippen LogP contribution in [0.25, 0.3) is 0 Å². The van der Waals surface area contributed by atoms with Crippen molar-refractivity contribution in [3.05, 3.63) is 39.3 Å². The second-order valence-corrected chi connectivity index (χ2v) is 6.90. The second kappa shape index (κ2) is 9.27. The average Bonchev–Trinajstić information content (AvgIpc) is 2.91. The Labute approximate surface area is 153 Å². The van der Waals surface area contributed by atoms with Crippen molar-refractivity contribution in [1.29, 1.82) is 0 Å². The zero-order chi connectivity index (χ0) is 18.2. The fraction of sp³-hybridized carbons (Fsp3) is 0.444. The first-order valence-corrected chi connectivity index (χ1v) is 9.16. The van der Waals surface area contributed by atoms with Crippen LogP contribution < -0.4 is 15.4 Å². The van der Waals surface area contributed by atoms with Crippen molar-refractivity contribution < 1.29 is 9.84 Å². The van der Waals surface area contributed by atoms with Gasteiger partial charge in [-0.2, -0.15) is 0 Å². The smallest absolute Gasteiger partial charge is 0.191 e. The predicted molar refractivity (Wildman–Crippen MR) is 103 cm³/mol. The standard InChI is InChI=1S/C18H26N4O2S/c1-5-19-18(21-11-17-12(2)22-13(3)25-17)20-9-8-14-6-7-15(24-4)10-16(14)23/h6-7,10,23H,5,8-9,11H2,1-4H3,(H2,19,20,21). The van der Waals surface area contributed by atoms with Crippen LogP contribution in [0.5, 0.6) is 11.5 Å². The molecule has 0 aliphatic rings. The minimum absolute atomic E-state index is 0.249. The number of guanidine groups is 1. The van der Waals surface area contributed by atoms with E-state index >= 15 is 0 Å². The van der Waals surface area contributed by atoms with E-state index in [1.165, 1.54) is 4.88 Å². The molecule has 6 nitrogen and oxygen atoms in total. The van der Waals surface area contributed by atoms with Crippen LogP contribution in [0.15, 0.2) is 23.2 Å². The summed E-state index contributed by atoms with van der Waals surface area (Å²) in [5.41, 5.74) is 1.92. The molecule has 0 fully saturated rings. The van der Waals surface area contributed by atoms with Gasteiger partial charge in [-0.3, -0.25) is 0 Å². The van der Waals surface area contributed by atoms with E-state index in [4.69, 9.17) is 4.74 Å². The van der Waals surface area contributed by atoms with Gasteiger partial charge < -0.3 is 20.5 Å². The monoisotopic (exact) mass is 362 g/mol. The van der Waals surface area contributed by atoms with Gasteiger partial charge in [-0.1, -0.05) is 6.07 Å². The molecule has 0 atom stereocenters. The summed E-state index contributed by atoms with van der Waals surface area (Å²) in [7, 11) is 1.58. The van der Waals surface area contributed by atoms with Gasteiger partial charge in [0.25, 0.3) is 0 Å². The zero-order valence-electron chi connectivity index (χ0n) is 15.2. The lowest BCUT2D eigenvalue weighted by atomic mass is 10.1. The van der Waals surface area contributed by atoms with Gasteiger partial charge in [0, 0.05) is 24.0 Å². The Hall–Kier alpha value is -2.28. The number of hydrogen-bond donors (Lipinski definition) is 3. The molecule has 0 saturated carbocycles. The number of rotatable bonds is 7. The first-order chi connectivity index (χ1) is 12.0. The molecule has 1 heterocycles. The van der Waals surface area contributed by atoms with Gasteiger partial charge in [-0.25, -0.2) is 9.98 Å². The molecule has 7 heteroatoms. The highest BCUT2D eigenvalue weighted by Crippen LogP contribution is 2.23. The SMILES string of the molecule is CCNC(=NCc1sc(C)nc1C)NCCc1ccc(OC)cc1O. The number of ether oxygens (including phenoxy) is 1. The number of methoxy groups -OCH3 is 1. The number of phenols is 1. The first-order valence-electron chi connectivity index (χ1n) is 8.34. The van der Waals surface area contributed by atoms with E-state index in [9.17, 15) is 5.11 Å². The lowest BCUT2D eigenvalue weighted by Crippen LogP contribution is -2.38. The largest absolute Gasteiger partial charge is 0.508 e. The molecule has 0 unspecified atom stereocenters. The van der Waals surface area contributed by atoms with Gasteiger partial charge in [0.15, 0.2) is 5.96 Å². The van der Waals surface area contributed by atoms with E-state index in [-0.39, 0.29) is 5.75 Å². The first kappa shape index (κ1) is 19.1. The molecule has 0 saturated heterocycles. The number of nitrogens with zero attached hydrogens (tertiary/aromatic N) is 2. The van der Waals surface area contributed by atoms with Crippen molar-refractivity contribution in [3.63, 3.8) is 0 Å². The molecule has 0 amide bonds. The fourth-order valence-corrected chi connectivity index (χ4v) is 3.27. The minimum Gasteiger partial charge on any atom is -0.508 e. The molecule has 25 heavy (non-hydrogen) atoms. The lowest BCUT2D eigenvalue weighted by molar-refractivity contribution is 0.406. The van der Waals surface area contributed by atoms with Crippen LogP contribution in [0.3, 0.4) is 0 Å². The normalized spacial score (nSPS) is 11.4. The Bertz CT molecular complexity index is 728. The van der Waals surface area contributed by atoms with E-state index in [0.29, 0.717) is 25.3 Å². The summed E-state index contributed by atoms with van der Waals surface area (Å²) in [4.78, 5) is 10.2. The van der Waals surface area contributed by atoms with Crippen LogP contribution in [0.4, 0.5) is 0 Å². The fourth-order valence-electron chi connectivity index (χ4n) is 2.41. The number of aromatic nitrogens is 1. The average molecular weight is 362 g/mol. The molecule has 0 aliphatic carbocycles. The van der Waals surface area contributed by atoms with Gasteiger partial charge in [0.1, 0.15) is 11.5 Å². The number of phenolic OH excluding ortho intramolecular Hbond substituents is 1. The van der Waals surface area contributed by atoms with Crippen molar-refractivity contribution in [2.45, 2.75) is 33.7 Å². The molecular weight excluding hydrogens is 336 g/mol. The molecule has 2 aromatic rings. The third-order valence-electron chi connectivity index (χ3n) is 3.70. The van der Waals surface area contributed by atoms with Crippen LogP contribution in [0, 0.1) is 13.8 Å². The Balaban J connectivity index is 1.92. The van der Waals surface area contributed by atoms with Crippen molar-refractivity contribution in [2.75, 3.05) is 20.2 Å². The minimum atomic E-state index is 0.249. The summed E-state index contributed by atoms with van der Waals surface area (Å²) in [6.45, 7) is 8.14. The molecule has 0 radical (unpaired) electrons. The molecule has 1 aromatic heterocycles. The highest BCUT2D eigenvalue weighted by Gasteiger charge is 2.06. The number of aryl methyl sites for hydroxylation is 2. The third-order valence-corrected chi connectivity index (χ3v) is 4.76. The molecule has 0 spiro atoms. The number of thiazole rings is 1. The van der Waals surface area contributed by atoms with E-state index in [2.05, 4.69) is 20.6 Å². The van der Waals surface area contributed by atoms with Gasteiger partial charge >= 0.3 is 0 Å². The maximum atomic E-state index is 10.0. The van der Waals surface area contributed by atoms with E-state index in [0.717, 1.165) is 28.8 Å². The van der Waals surface area contributed by atoms with Crippen LogP contribution in [-0.4, -0.2) is 36.2 Å². The quantitative estimate of drug-likeness (QED) is 0.521. The molecule has 136 valence electrons. The van der Waals surface area contributed by atoms with E-state index in [1.807, 2.05) is 32.9 Å². The van der Waals surface area contributed by atoms with Crippen LogP contribution in [-0.2, 0) is 13.0 Å². The van der Waals surface area contributed by atoms with Crippen molar-refractivity contribution in [3.8, 4) is 11.5 Å². The molecule has 1 aromatic carbocycles. The highest BCUT2D eigenvalue weighted by atomic mass is 32.1. The summed E-state index contributed by atoms with van der Waals surface area (Å²) in [5.74, 6) is 1.67. The summed E-state index contributed by atoms with van der Waals surface area (Å²) in [5, 5.41) is 17.6. The predicted octanol–water partition coefficient (Wildman–Crippen LogP) is 2.77. The highest BCUT2D eigenvalue weighted by molar-refractivity contribution is 7.11. The van der Waals surface area contributed by atoms with Gasteiger partial charge in [-0.15, -0.1) is 11.3 Å². The van der Waals surface area contributed by atoms with Crippen molar-refractivity contribution in [1.82, 2.24) is 15.6 Å². The van der Waals surface area contributed by atoms with Crippen LogP contribution >= 0.6 is 11.3 Å². The molecule has 3 N–H and O–H groups in total. The maximum absolute atomic E-state index is 10.0.